The van der Waals surface area contributed by atoms with Crippen LogP contribution in [0.1, 0.15) is 33.6 Å². The third-order valence-corrected chi connectivity index (χ3v) is 4.95. The molecule has 0 spiro atoms. The molecule has 1 atom stereocenters. The van der Waals surface area contributed by atoms with Crippen molar-refractivity contribution in [3.05, 3.63) is 54.3 Å². The molecule has 0 radical (unpaired) electrons. The Bertz CT molecular complexity index is 960. The molecule has 3 rings (SSSR count). The summed E-state index contributed by atoms with van der Waals surface area (Å²) in [4.78, 5) is 41.2. The Labute approximate surface area is 187 Å². The summed E-state index contributed by atoms with van der Waals surface area (Å²) in [6.07, 6.45) is 0.720. The predicted molar refractivity (Wildman–Crippen MR) is 120 cm³/mol. The van der Waals surface area contributed by atoms with Gasteiger partial charge < -0.3 is 15.0 Å². The van der Waals surface area contributed by atoms with E-state index in [1.54, 1.807) is 24.3 Å². The molecule has 7 nitrogen and oxygen atoms in total. The monoisotopic (exact) mass is 441 g/mol. The molecule has 2 aromatic carbocycles. The van der Waals surface area contributed by atoms with Gasteiger partial charge in [0, 0.05) is 12.2 Å². The zero-order valence-corrected chi connectivity index (χ0v) is 18.5. The van der Waals surface area contributed by atoms with Crippen LogP contribution in [0.4, 0.5) is 20.6 Å². The number of carbonyl (C=O) groups excluding carboxylic acids is 3. The van der Waals surface area contributed by atoms with Crippen molar-refractivity contribution in [2.75, 3.05) is 23.4 Å². The molecule has 0 saturated carbocycles. The number of carbonyl (C=O) groups is 3. The topological polar surface area (TPSA) is 79.0 Å². The predicted octanol–water partition coefficient (Wildman–Crippen LogP) is 4.44. The largest absolute Gasteiger partial charge is 0.494 e. The van der Waals surface area contributed by atoms with Gasteiger partial charge in [0.05, 0.1) is 18.7 Å². The molecular formula is C24H28FN3O4. The molecule has 4 amide bonds. The maximum atomic E-state index is 13.3. The zero-order valence-electron chi connectivity index (χ0n) is 18.5. The molecular weight excluding hydrogens is 413 g/mol. The van der Waals surface area contributed by atoms with Crippen LogP contribution in [0.15, 0.2) is 48.5 Å². The second-order valence-corrected chi connectivity index (χ2v) is 8.12. The van der Waals surface area contributed by atoms with E-state index in [-0.39, 0.29) is 23.9 Å². The smallest absolute Gasteiger partial charge is 0.332 e. The molecule has 1 aliphatic heterocycles. The number of hydrogen-bond donors (Lipinski definition) is 1. The molecule has 170 valence electrons. The first kappa shape index (κ1) is 23.2. The zero-order chi connectivity index (χ0) is 23.3. The van der Waals surface area contributed by atoms with Crippen molar-refractivity contribution in [3.8, 4) is 5.75 Å². The van der Waals surface area contributed by atoms with Gasteiger partial charge in [0.15, 0.2) is 0 Å². The highest BCUT2D eigenvalue weighted by Gasteiger charge is 2.46. The van der Waals surface area contributed by atoms with Crippen molar-refractivity contribution in [1.29, 1.82) is 0 Å². The summed E-state index contributed by atoms with van der Waals surface area (Å²) in [5.41, 5.74) is 0.849. The van der Waals surface area contributed by atoms with E-state index in [9.17, 15) is 18.8 Å². The Hall–Kier alpha value is -3.42. The normalized spacial score (nSPS) is 16.1. The van der Waals surface area contributed by atoms with Crippen LogP contribution in [-0.4, -0.2) is 41.9 Å². The average molecular weight is 442 g/mol. The van der Waals surface area contributed by atoms with Crippen LogP contribution in [0.2, 0.25) is 0 Å². The van der Waals surface area contributed by atoms with Gasteiger partial charge in [-0.15, -0.1) is 0 Å². The van der Waals surface area contributed by atoms with Gasteiger partial charge in [-0.05, 0) is 60.9 Å². The Morgan fingerprint density at radius 2 is 1.75 bits per heavy atom. The van der Waals surface area contributed by atoms with Crippen LogP contribution >= 0.6 is 0 Å². The van der Waals surface area contributed by atoms with E-state index >= 15 is 0 Å². The first-order chi connectivity index (χ1) is 15.3. The van der Waals surface area contributed by atoms with Gasteiger partial charge in [0.2, 0.25) is 5.91 Å². The Kier molecular flexibility index (Phi) is 7.45. The summed E-state index contributed by atoms with van der Waals surface area (Å²) in [5.74, 6) is -0.539. The third kappa shape index (κ3) is 5.43. The number of anilines is 2. The highest BCUT2D eigenvalue weighted by molar-refractivity contribution is 6.22. The molecule has 1 heterocycles. The van der Waals surface area contributed by atoms with Crippen molar-refractivity contribution in [3.63, 3.8) is 0 Å². The number of benzene rings is 2. The standard InChI is InChI=1S/C24H28FN3O4/c1-4-13-32-20-11-7-18(8-12-20)26-22(29)14-21-23(30)28(19-9-5-17(25)6-10-19)24(31)27(21)15-16(2)3/h5-12,16,21H,4,13-15H2,1-3H3,(H,26,29)/t21-/m1/s1. The summed E-state index contributed by atoms with van der Waals surface area (Å²) in [6, 6.07) is 10.7. The van der Waals surface area contributed by atoms with Crippen LogP contribution in [0, 0.1) is 11.7 Å². The van der Waals surface area contributed by atoms with Crippen LogP contribution in [-0.2, 0) is 9.59 Å². The van der Waals surface area contributed by atoms with Gasteiger partial charge in [-0.3, -0.25) is 9.59 Å². The lowest BCUT2D eigenvalue weighted by atomic mass is 10.1. The molecule has 1 aliphatic rings. The fraction of sp³-hybridized carbons (Fsp3) is 0.375. The number of nitrogens with zero attached hydrogens (tertiary/aromatic N) is 2. The van der Waals surface area contributed by atoms with E-state index in [1.807, 2.05) is 20.8 Å². The maximum absolute atomic E-state index is 13.3. The highest BCUT2D eigenvalue weighted by atomic mass is 19.1. The van der Waals surface area contributed by atoms with Crippen molar-refractivity contribution in [2.24, 2.45) is 5.92 Å². The number of ether oxygens (including phenoxy) is 1. The molecule has 1 saturated heterocycles. The minimum Gasteiger partial charge on any atom is -0.494 e. The second kappa shape index (κ2) is 10.3. The summed E-state index contributed by atoms with van der Waals surface area (Å²) in [6.45, 7) is 6.81. The van der Waals surface area contributed by atoms with Crippen LogP contribution in [0.3, 0.4) is 0 Å². The molecule has 1 N–H and O–H groups in total. The minimum atomic E-state index is -0.929. The molecule has 32 heavy (non-hydrogen) atoms. The molecule has 0 aromatic heterocycles. The van der Waals surface area contributed by atoms with Gasteiger partial charge >= 0.3 is 6.03 Å². The summed E-state index contributed by atoms with van der Waals surface area (Å²) >= 11 is 0. The number of imide groups is 1. The molecule has 1 fully saturated rings. The van der Waals surface area contributed by atoms with Crippen LogP contribution in [0.25, 0.3) is 0 Å². The van der Waals surface area contributed by atoms with Gasteiger partial charge in [0.25, 0.3) is 5.91 Å². The van der Waals surface area contributed by atoms with Crippen molar-refractivity contribution in [1.82, 2.24) is 4.90 Å². The van der Waals surface area contributed by atoms with Crippen molar-refractivity contribution in [2.45, 2.75) is 39.7 Å². The van der Waals surface area contributed by atoms with E-state index in [0.29, 0.717) is 24.6 Å². The van der Waals surface area contributed by atoms with E-state index in [0.717, 1.165) is 11.3 Å². The Morgan fingerprint density at radius 3 is 2.34 bits per heavy atom. The summed E-state index contributed by atoms with van der Waals surface area (Å²) in [5, 5.41) is 2.77. The SMILES string of the molecule is CCCOc1ccc(NC(=O)C[C@@H]2C(=O)N(c3ccc(F)cc3)C(=O)N2CC(C)C)cc1. The fourth-order valence-electron chi connectivity index (χ4n) is 3.50. The van der Waals surface area contributed by atoms with Crippen LogP contribution in [0.5, 0.6) is 5.75 Å². The third-order valence-electron chi connectivity index (χ3n) is 4.95. The van der Waals surface area contributed by atoms with Gasteiger partial charge in [-0.1, -0.05) is 20.8 Å². The van der Waals surface area contributed by atoms with Crippen LogP contribution < -0.4 is 15.0 Å². The lowest BCUT2D eigenvalue weighted by Crippen LogP contribution is -2.40. The number of urea groups is 1. The van der Waals surface area contributed by atoms with E-state index in [1.165, 1.54) is 29.2 Å². The van der Waals surface area contributed by atoms with E-state index in [4.69, 9.17) is 4.74 Å². The fourth-order valence-corrected chi connectivity index (χ4v) is 3.50. The number of halogens is 1. The van der Waals surface area contributed by atoms with E-state index in [2.05, 4.69) is 5.32 Å². The number of amides is 4. The van der Waals surface area contributed by atoms with Gasteiger partial charge in [-0.25, -0.2) is 14.1 Å². The quantitative estimate of drug-likeness (QED) is 0.584. The molecule has 0 aliphatic carbocycles. The highest BCUT2D eigenvalue weighted by Crippen LogP contribution is 2.28. The molecule has 2 aromatic rings. The Balaban J connectivity index is 1.73. The van der Waals surface area contributed by atoms with Crippen molar-refractivity contribution >= 4 is 29.2 Å². The average Bonchev–Trinajstić information content (AvgIpc) is 2.97. The minimum absolute atomic E-state index is 0.0983. The lowest BCUT2D eigenvalue weighted by Gasteiger charge is -2.23. The first-order valence-electron chi connectivity index (χ1n) is 10.7. The lowest BCUT2D eigenvalue weighted by molar-refractivity contribution is -0.124. The Morgan fingerprint density at radius 1 is 1.09 bits per heavy atom. The first-order valence-corrected chi connectivity index (χ1v) is 10.7. The molecule has 0 unspecified atom stereocenters. The second-order valence-electron chi connectivity index (χ2n) is 8.12. The number of hydrogen-bond acceptors (Lipinski definition) is 4. The number of nitrogens with one attached hydrogen (secondary N) is 1. The van der Waals surface area contributed by atoms with Gasteiger partial charge in [0.1, 0.15) is 17.6 Å². The maximum Gasteiger partial charge on any atom is 0.332 e. The number of rotatable bonds is 9. The van der Waals surface area contributed by atoms with Crippen molar-refractivity contribution < 1.29 is 23.5 Å². The summed E-state index contributed by atoms with van der Waals surface area (Å²) in [7, 11) is 0. The molecule has 0 bridgehead atoms. The van der Waals surface area contributed by atoms with E-state index < -0.39 is 23.8 Å². The summed E-state index contributed by atoms with van der Waals surface area (Å²) < 4.78 is 18.8. The molecule has 8 heteroatoms. The van der Waals surface area contributed by atoms with Gasteiger partial charge in [-0.2, -0.15) is 0 Å².